The van der Waals surface area contributed by atoms with Crippen molar-refractivity contribution in [3.8, 4) is 0 Å². The molecule has 12 heavy (non-hydrogen) atoms. The van der Waals surface area contributed by atoms with Crippen LogP contribution < -0.4 is 0 Å². The highest BCUT2D eigenvalue weighted by Crippen LogP contribution is 2.03. The van der Waals surface area contributed by atoms with Crippen molar-refractivity contribution in [2.24, 2.45) is 0 Å². The average Bonchev–Trinajstić information content (AvgIpc) is 2.46. The minimum absolute atomic E-state index is 0.188. The van der Waals surface area contributed by atoms with Gasteiger partial charge in [0.05, 0.1) is 6.54 Å². The molecule has 1 aliphatic heterocycles. The van der Waals surface area contributed by atoms with Crippen LogP contribution >= 0.6 is 0 Å². The summed E-state index contributed by atoms with van der Waals surface area (Å²) < 4.78 is 9.92. The van der Waals surface area contributed by atoms with Crippen molar-refractivity contribution in [3.63, 3.8) is 0 Å². The molecule has 1 fully saturated rings. The summed E-state index contributed by atoms with van der Waals surface area (Å²) in [5.41, 5.74) is 0. The predicted molar refractivity (Wildman–Crippen MR) is 44.0 cm³/mol. The third-order valence-corrected chi connectivity index (χ3v) is 1.77. The van der Waals surface area contributed by atoms with E-state index in [9.17, 15) is 4.79 Å². The maximum atomic E-state index is 10.9. The molecule has 0 aliphatic carbocycles. The van der Waals surface area contributed by atoms with Crippen LogP contribution in [0.1, 0.15) is 13.3 Å². The quantitative estimate of drug-likeness (QED) is 0.579. The molecule has 1 heterocycles. The molecule has 4 nitrogen and oxygen atoms in total. The van der Waals surface area contributed by atoms with E-state index in [0.717, 1.165) is 32.7 Å². The summed E-state index contributed by atoms with van der Waals surface area (Å²) in [6.45, 7) is 5.44. The molecular formula is C8H15NO3. The van der Waals surface area contributed by atoms with E-state index in [-0.39, 0.29) is 6.09 Å². The summed E-state index contributed by atoms with van der Waals surface area (Å²) in [5, 5.41) is 0. The van der Waals surface area contributed by atoms with Crippen LogP contribution in [0.15, 0.2) is 0 Å². The van der Waals surface area contributed by atoms with Gasteiger partial charge in [-0.2, -0.15) is 0 Å². The van der Waals surface area contributed by atoms with Gasteiger partial charge in [-0.3, -0.25) is 0 Å². The Kier molecular flexibility index (Phi) is 3.87. The van der Waals surface area contributed by atoms with Crippen LogP contribution in [0.3, 0.4) is 0 Å². The number of ether oxygens (including phenoxy) is 2. The molecule has 1 amide bonds. The number of rotatable bonds is 5. The van der Waals surface area contributed by atoms with Gasteiger partial charge < -0.3 is 14.4 Å². The van der Waals surface area contributed by atoms with Crippen LogP contribution in [0.2, 0.25) is 0 Å². The van der Waals surface area contributed by atoms with Crippen molar-refractivity contribution in [2.75, 3.05) is 32.9 Å². The van der Waals surface area contributed by atoms with Crippen LogP contribution in [0.25, 0.3) is 0 Å². The Labute approximate surface area is 72.4 Å². The minimum Gasteiger partial charge on any atom is -0.448 e. The summed E-state index contributed by atoms with van der Waals surface area (Å²) in [6.07, 6.45) is 0.703. The highest BCUT2D eigenvalue weighted by molar-refractivity contribution is 5.69. The Balaban J connectivity index is 2.02. The number of carbonyl (C=O) groups is 1. The van der Waals surface area contributed by atoms with Crippen molar-refractivity contribution in [1.82, 2.24) is 4.90 Å². The molecule has 0 saturated carbocycles. The molecular weight excluding hydrogens is 158 g/mol. The van der Waals surface area contributed by atoms with Crippen LogP contribution in [0.4, 0.5) is 4.79 Å². The zero-order chi connectivity index (χ0) is 8.81. The van der Waals surface area contributed by atoms with Crippen molar-refractivity contribution in [2.45, 2.75) is 13.3 Å². The molecule has 0 bridgehead atoms. The second-order valence-electron chi connectivity index (χ2n) is 2.65. The van der Waals surface area contributed by atoms with Crippen molar-refractivity contribution in [3.05, 3.63) is 0 Å². The van der Waals surface area contributed by atoms with E-state index in [1.807, 2.05) is 6.92 Å². The highest BCUT2D eigenvalue weighted by Gasteiger charge is 2.20. The van der Waals surface area contributed by atoms with E-state index in [1.54, 1.807) is 4.90 Å². The molecule has 4 heteroatoms. The number of carbonyl (C=O) groups excluding carboxylic acids is 1. The summed E-state index contributed by atoms with van der Waals surface area (Å²) in [4.78, 5) is 12.6. The molecule has 1 aliphatic rings. The molecule has 1 saturated heterocycles. The van der Waals surface area contributed by atoms with Crippen LogP contribution in [0.5, 0.6) is 0 Å². The second kappa shape index (κ2) is 4.98. The average molecular weight is 173 g/mol. The number of amides is 1. The Morgan fingerprint density at radius 2 is 2.50 bits per heavy atom. The van der Waals surface area contributed by atoms with E-state index in [4.69, 9.17) is 9.47 Å². The molecule has 0 radical (unpaired) electrons. The largest absolute Gasteiger partial charge is 0.448 e. The third kappa shape index (κ3) is 2.70. The third-order valence-electron chi connectivity index (χ3n) is 1.77. The lowest BCUT2D eigenvalue weighted by molar-refractivity contribution is 0.131. The molecule has 70 valence electrons. The molecule has 0 aromatic rings. The number of hydrogen-bond donors (Lipinski definition) is 0. The van der Waals surface area contributed by atoms with E-state index in [0.29, 0.717) is 6.61 Å². The monoisotopic (exact) mass is 173 g/mol. The zero-order valence-corrected chi connectivity index (χ0v) is 7.41. The molecule has 0 N–H and O–H groups in total. The fraction of sp³-hybridized carbons (Fsp3) is 0.875. The Bertz CT molecular complexity index is 149. The number of hydrogen-bond acceptors (Lipinski definition) is 3. The second-order valence-corrected chi connectivity index (χ2v) is 2.65. The van der Waals surface area contributed by atoms with Gasteiger partial charge in [-0.05, 0) is 13.3 Å². The number of nitrogens with zero attached hydrogens (tertiary/aromatic N) is 1. The summed E-state index contributed by atoms with van der Waals surface area (Å²) in [7, 11) is 0. The Morgan fingerprint density at radius 1 is 1.67 bits per heavy atom. The molecule has 0 spiro atoms. The van der Waals surface area contributed by atoms with Gasteiger partial charge in [0.15, 0.2) is 0 Å². The maximum absolute atomic E-state index is 10.9. The standard InChI is InChI=1S/C8H15NO3/c1-2-11-6-3-4-9-5-7-12-8(9)10/h2-7H2,1H3. The van der Waals surface area contributed by atoms with Gasteiger partial charge in [0.25, 0.3) is 0 Å². The Hall–Kier alpha value is -0.770. The first-order valence-corrected chi connectivity index (χ1v) is 4.34. The van der Waals surface area contributed by atoms with E-state index in [2.05, 4.69) is 0 Å². The highest BCUT2D eigenvalue weighted by atomic mass is 16.6. The first-order valence-electron chi connectivity index (χ1n) is 4.34. The zero-order valence-electron chi connectivity index (χ0n) is 7.41. The van der Waals surface area contributed by atoms with E-state index >= 15 is 0 Å². The fourth-order valence-corrected chi connectivity index (χ4v) is 1.13. The van der Waals surface area contributed by atoms with Crippen molar-refractivity contribution < 1.29 is 14.3 Å². The van der Waals surface area contributed by atoms with Crippen LogP contribution in [-0.4, -0.2) is 43.9 Å². The van der Waals surface area contributed by atoms with Crippen molar-refractivity contribution in [1.29, 1.82) is 0 Å². The van der Waals surface area contributed by atoms with E-state index in [1.165, 1.54) is 0 Å². The predicted octanol–water partition coefficient (Wildman–Crippen LogP) is 0.865. The molecule has 0 aromatic carbocycles. The molecule has 1 rings (SSSR count). The fourth-order valence-electron chi connectivity index (χ4n) is 1.13. The first-order chi connectivity index (χ1) is 5.84. The van der Waals surface area contributed by atoms with Gasteiger partial charge in [-0.15, -0.1) is 0 Å². The lowest BCUT2D eigenvalue weighted by atomic mass is 10.4. The minimum atomic E-state index is -0.188. The van der Waals surface area contributed by atoms with Crippen LogP contribution in [0, 0.1) is 0 Å². The lowest BCUT2D eigenvalue weighted by Gasteiger charge is -2.11. The van der Waals surface area contributed by atoms with Gasteiger partial charge in [0.2, 0.25) is 0 Å². The number of cyclic esters (lactones) is 1. The smallest absolute Gasteiger partial charge is 0.409 e. The molecule has 0 unspecified atom stereocenters. The first kappa shape index (κ1) is 9.32. The Morgan fingerprint density at radius 3 is 3.08 bits per heavy atom. The summed E-state index contributed by atoms with van der Waals surface area (Å²) in [6, 6.07) is 0. The van der Waals surface area contributed by atoms with Gasteiger partial charge in [-0.1, -0.05) is 0 Å². The lowest BCUT2D eigenvalue weighted by Crippen LogP contribution is -2.26. The van der Waals surface area contributed by atoms with E-state index < -0.39 is 0 Å². The molecule has 0 atom stereocenters. The van der Waals surface area contributed by atoms with Gasteiger partial charge in [0.1, 0.15) is 6.61 Å². The van der Waals surface area contributed by atoms with Gasteiger partial charge >= 0.3 is 6.09 Å². The van der Waals surface area contributed by atoms with Gasteiger partial charge in [0, 0.05) is 19.8 Å². The van der Waals surface area contributed by atoms with Crippen molar-refractivity contribution >= 4 is 6.09 Å². The van der Waals surface area contributed by atoms with Crippen LogP contribution in [-0.2, 0) is 9.47 Å². The SMILES string of the molecule is CCOCCCN1CCOC1=O. The summed E-state index contributed by atoms with van der Waals surface area (Å²) in [5.74, 6) is 0. The normalized spacial score (nSPS) is 16.8. The van der Waals surface area contributed by atoms with Gasteiger partial charge in [-0.25, -0.2) is 4.79 Å². The molecule has 0 aromatic heterocycles. The maximum Gasteiger partial charge on any atom is 0.409 e. The topological polar surface area (TPSA) is 38.8 Å². The summed E-state index contributed by atoms with van der Waals surface area (Å²) >= 11 is 0.